The van der Waals surface area contributed by atoms with Gasteiger partial charge in [-0.3, -0.25) is 4.79 Å². The Hall–Kier alpha value is -2.14. The van der Waals surface area contributed by atoms with Crippen molar-refractivity contribution in [3.05, 3.63) is 48.0 Å². The molecule has 0 radical (unpaired) electrons. The summed E-state index contributed by atoms with van der Waals surface area (Å²) in [6.07, 6.45) is 0.425. The maximum Gasteiger partial charge on any atom is 0.225 e. The van der Waals surface area contributed by atoms with Gasteiger partial charge in [-0.2, -0.15) is 0 Å². The summed E-state index contributed by atoms with van der Waals surface area (Å²) in [6.45, 7) is 0. The highest BCUT2D eigenvalue weighted by Gasteiger charge is 2.24. The fourth-order valence-electron chi connectivity index (χ4n) is 2.48. The molecule has 1 N–H and O–H groups in total. The maximum atomic E-state index is 12.1. The molecule has 1 heterocycles. The number of ether oxygens (including phenoxy) is 2. The highest BCUT2D eigenvalue weighted by molar-refractivity contribution is 7.99. The van der Waals surface area contributed by atoms with Crippen LogP contribution in [0.3, 0.4) is 0 Å². The zero-order chi connectivity index (χ0) is 15.5. The second kappa shape index (κ2) is 6.32. The molecule has 0 unspecified atom stereocenters. The quantitative estimate of drug-likeness (QED) is 0.934. The first-order valence-electron chi connectivity index (χ1n) is 6.98. The van der Waals surface area contributed by atoms with Crippen molar-refractivity contribution in [3.63, 3.8) is 0 Å². The molecule has 1 aliphatic heterocycles. The summed E-state index contributed by atoms with van der Waals surface area (Å²) >= 11 is 1.69. The van der Waals surface area contributed by atoms with E-state index in [2.05, 4.69) is 5.32 Å². The maximum absolute atomic E-state index is 12.1. The fourth-order valence-corrected chi connectivity index (χ4v) is 3.70. The van der Waals surface area contributed by atoms with E-state index in [4.69, 9.17) is 9.47 Å². The number of methoxy groups -OCH3 is 2. The minimum atomic E-state index is 0.0252. The van der Waals surface area contributed by atoms with E-state index in [0.29, 0.717) is 17.9 Å². The number of carbonyl (C=O) groups is 1. The molecule has 1 atom stereocenters. The first-order chi connectivity index (χ1) is 10.7. The number of para-hydroxylation sites is 1. The normalized spacial score (nSPS) is 17.2. The smallest absolute Gasteiger partial charge is 0.225 e. The van der Waals surface area contributed by atoms with E-state index in [1.54, 1.807) is 26.0 Å². The number of amides is 1. The third-order valence-corrected chi connectivity index (χ3v) is 4.91. The predicted octanol–water partition coefficient (Wildman–Crippen LogP) is 3.88. The minimum absolute atomic E-state index is 0.0252. The molecule has 0 saturated carbocycles. The lowest BCUT2D eigenvalue weighted by Crippen LogP contribution is -2.12. The SMILES string of the molecule is COc1ccc([C@H]2CC(=O)Nc3ccccc3S2)cc1OC. The topological polar surface area (TPSA) is 47.6 Å². The molecular weight excluding hydrogens is 298 g/mol. The van der Waals surface area contributed by atoms with E-state index in [1.807, 2.05) is 42.5 Å². The van der Waals surface area contributed by atoms with Crippen LogP contribution in [0.4, 0.5) is 5.69 Å². The third kappa shape index (κ3) is 2.90. The predicted molar refractivity (Wildman–Crippen MR) is 87.8 cm³/mol. The van der Waals surface area contributed by atoms with Crippen molar-refractivity contribution in [2.24, 2.45) is 0 Å². The lowest BCUT2D eigenvalue weighted by atomic mass is 10.1. The Labute approximate surface area is 133 Å². The Morgan fingerprint density at radius 1 is 1.09 bits per heavy atom. The summed E-state index contributed by atoms with van der Waals surface area (Å²) in [6, 6.07) is 13.7. The van der Waals surface area contributed by atoms with Crippen LogP contribution in [-0.2, 0) is 4.79 Å². The van der Waals surface area contributed by atoms with Crippen LogP contribution in [0, 0.1) is 0 Å². The molecule has 0 saturated heterocycles. The molecule has 3 rings (SSSR count). The van der Waals surface area contributed by atoms with Gasteiger partial charge in [0.25, 0.3) is 0 Å². The van der Waals surface area contributed by atoms with Gasteiger partial charge in [-0.05, 0) is 29.8 Å². The lowest BCUT2D eigenvalue weighted by Gasteiger charge is -2.16. The number of anilines is 1. The summed E-state index contributed by atoms with van der Waals surface area (Å²) in [5.74, 6) is 1.39. The number of fused-ring (bicyclic) bond motifs is 1. The van der Waals surface area contributed by atoms with Crippen LogP contribution in [0.1, 0.15) is 17.2 Å². The average Bonchev–Trinajstić information content (AvgIpc) is 2.72. The number of nitrogens with one attached hydrogen (secondary N) is 1. The molecule has 0 spiro atoms. The van der Waals surface area contributed by atoms with Crippen LogP contribution in [0.5, 0.6) is 11.5 Å². The molecule has 0 bridgehead atoms. The van der Waals surface area contributed by atoms with Gasteiger partial charge in [-0.1, -0.05) is 18.2 Å². The molecule has 2 aromatic rings. The monoisotopic (exact) mass is 315 g/mol. The number of hydrogen-bond acceptors (Lipinski definition) is 4. The van der Waals surface area contributed by atoms with Crippen molar-refractivity contribution in [2.75, 3.05) is 19.5 Å². The molecular formula is C17H17NO3S. The Morgan fingerprint density at radius 2 is 1.86 bits per heavy atom. The van der Waals surface area contributed by atoms with Crippen LogP contribution < -0.4 is 14.8 Å². The molecule has 22 heavy (non-hydrogen) atoms. The Morgan fingerprint density at radius 3 is 2.64 bits per heavy atom. The molecule has 0 aromatic heterocycles. The average molecular weight is 315 g/mol. The Balaban J connectivity index is 1.96. The Kier molecular flexibility index (Phi) is 4.24. The van der Waals surface area contributed by atoms with Crippen LogP contribution in [0.15, 0.2) is 47.4 Å². The highest BCUT2D eigenvalue weighted by Crippen LogP contribution is 2.45. The van der Waals surface area contributed by atoms with E-state index >= 15 is 0 Å². The molecule has 1 aliphatic rings. The molecule has 1 amide bonds. The van der Waals surface area contributed by atoms with Gasteiger partial charge in [0.15, 0.2) is 11.5 Å². The first-order valence-corrected chi connectivity index (χ1v) is 7.86. The van der Waals surface area contributed by atoms with Gasteiger partial charge in [0, 0.05) is 16.6 Å². The van der Waals surface area contributed by atoms with E-state index in [0.717, 1.165) is 16.1 Å². The molecule has 0 fully saturated rings. The fraction of sp³-hybridized carbons (Fsp3) is 0.235. The Bertz CT molecular complexity index is 702. The number of rotatable bonds is 3. The first kappa shape index (κ1) is 14.8. The summed E-state index contributed by atoms with van der Waals surface area (Å²) in [7, 11) is 3.23. The van der Waals surface area contributed by atoms with Gasteiger partial charge < -0.3 is 14.8 Å². The number of thioether (sulfide) groups is 1. The van der Waals surface area contributed by atoms with Crippen LogP contribution in [0.2, 0.25) is 0 Å². The summed E-state index contributed by atoms with van der Waals surface area (Å²) in [5, 5.41) is 3.00. The summed E-state index contributed by atoms with van der Waals surface area (Å²) in [5.41, 5.74) is 1.93. The van der Waals surface area contributed by atoms with E-state index in [-0.39, 0.29) is 11.2 Å². The van der Waals surface area contributed by atoms with E-state index in [9.17, 15) is 4.79 Å². The molecule has 2 aromatic carbocycles. The van der Waals surface area contributed by atoms with Gasteiger partial charge in [0.2, 0.25) is 5.91 Å². The van der Waals surface area contributed by atoms with Gasteiger partial charge in [0.1, 0.15) is 0 Å². The van der Waals surface area contributed by atoms with Crippen molar-refractivity contribution < 1.29 is 14.3 Å². The van der Waals surface area contributed by atoms with Crippen LogP contribution in [-0.4, -0.2) is 20.1 Å². The van der Waals surface area contributed by atoms with Crippen LogP contribution in [0.25, 0.3) is 0 Å². The van der Waals surface area contributed by atoms with E-state index < -0.39 is 0 Å². The number of carbonyl (C=O) groups excluding carboxylic acids is 1. The molecule has 5 heteroatoms. The number of benzene rings is 2. The van der Waals surface area contributed by atoms with Gasteiger partial charge >= 0.3 is 0 Å². The van der Waals surface area contributed by atoms with Crippen molar-refractivity contribution in [3.8, 4) is 11.5 Å². The molecule has 114 valence electrons. The molecule has 0 aliphatic carbocycles. The van der Waals surface area contributed by atoms with Crippen molar-refractivity contribution in [2.45, 2.75) is 16.6 Å². The largest absolute Gasteiger partial charge is 0.493 e. The second-order valence-electron chi connectivity index (χ2n) is 4.97. The molecule has 4 nitrogen and oxygen atoms in total. The zero-order valence-electron chi connectivity index (χ0n) is 12.5. The third-order valence-electron chi connectivity index (χ3n) is 3.58. The lowest BCUT2D eigenvalue weighted by molar-refractivity contribution is -0.116. The standard InChI is InChI=1S/C17H17NO3S/c1-20-13-8-7-11(9-14(13)21-2)16-10-17(19)18-12-5-3-4-6-15(12)22-16/h3-9,16H,10H2,1-2H3,(H,18,19)/t16-/m1/s1. The highest BCUT2D eigenvalue weighted by atomic mass is 32.2. The van der Waals surface area contributed by atoms with Gasteiger partial charge in [-0.15, -0.1) is 11.8 Å². The zero-order valence-corrected chi connectivity index (χ0v) is 13.3. The van der Waals surface area contributed by atoms with Crippen molar-refractivity contribution in [1.29, 1.82) is 0 Å². The van der Waals surface area contributed by atoms with Crippen molar-refractivity contribution in [1.82, 2.24) is 0 Å². The summed E-state index contributed by atoms with van der Waals surface area (Å²) < 4.78 is 10.6. The number of hydrogen-bond donors (Lipinski definition) is 1. The van der Waals surface area contributed by atoms with Gasteiger partial charge in [0.05, 0.1) is 19.9 Å². The van der Waals surface area contributed by atoms with E-state index in [1.165, 1.54) is 0 Å². The van der Waals surface area contributed by atoms with Crippen LogP contribution >= 0.6 is 11.8 Å². The second-order valence-corrected chi connectivity index (χ2v) is 6.21. The van der Waals surface area contributed by atoms with Crippen molar-refractivity contribution >= 4 is 23.4 Å². The summed E-state index contributed by atoms with van der Waals surface area (Å²) in [4.78, 5) is 13.2. The minimum Gasteiger partial charge on any atom is -0.493 e. The van der Waals surface area contributed by atoms with Gasteiger partial charge in [-0.25, -0.2) is 0 Å².